The van der Waals surface area contributed by atoms with E-state index >= 15 is 0 Å². The van der Waals surface area contributed by atoms with Gasteiger partial charge in [-0.2, -0.15) is 0 Å². The van der Waals surface area contributed by atoms with Crippen molar-refractivity contribution in [3.63, 3.8) is 0 Å². The van der Waals surface area contributed by atoms with Gasteiger partial charge in [0.05, 0.1) is 0 Å². The number of nitrogens with zero attached hydrogens (tertiary/aromatic N) is 2. The van der Waals surface area contributed by atoms with E-state index in [0.29, 0.717) is 5.56 Å². The Morgan fingerprint density at radius 2 is 2.16 bits per heavy atom. The van der Waals surface area contributed by atoms with Crippen LogP contribution in [0.15, 0.2) is 41.7 Å². The molecule has 2 rings (SSSR count). The molecule has 98 valence electrons. The minimum absolute atomic E-state index is 0.00782. The predicted molar refractivity (Wildman–Crippen MR) is 68.2 cm³/mol. The van der Waals surface area contributed by atoms with E-state index in [1.807, 2.05) is 0 Å². The molecule has 0 aliphatic heterocycles. The van der Waals surface area contributed by atoms with Crippen molar-refractivity contribution in [1.29, 1.82) is 0 Å². The van der Waals surface area contributed by atoms with Gasteiger partial charge in [0.25, 0.3) is 0 Å². The summed E-state index contributed by atoms with van der Waals surface area (Å²) >= 11 is 5.63. The average molecular weight is 282 g/mol. The first-order valence-electron chi connectivity index (χ1n) is 5.17. The average Bonchev–Trinajstić information content (AvgIpc) is 2.42. The van der Waals surface area contributed by atoms with Crippen LogP contribution in [0, 0.1) is 5.82 Å². The number of aromatic nitrogens is 1. The molecule has 5 nitrogen and oxygen atoms in total. The molecule has 3 N–H and O–H groups in total. The Labute approximate surface area is 113 Å². The van der Waals surface area contributed by atoms with Gasteiger partial charge in [-0.25, -0.2) is 9.37 Å². The molecule has 0 saturated heterocycles. The quantitative estimate of drug-likeness (QED) is 0.392. The highest BCUT2D eigenvalue weighted by Crippen LogP contribution is 2.25. The molecular formula is C12H9ClFN3O2. The van der Waals surface area contributed by atoms with Gasteiger partial charge in [-0.3, -0.25) is 0 Å². The van der Waals surface area contributed by atoms with Gasteiger partial charge in [0.15, 0.2) is 17.4 Å². The molecule has 0 aliphatic rings. The molecule has 0 unspecified atom stereocenters. The van der Waals surface area contributed by atoms with Crippen molar-refractivity contribution in [3.8, 4) is 11.6 Å². The molecule has 19 heavy (non-hydrogen) atoms. The van der Waals surface area contributed by atoms with Gasteiger partial charge in [0.2, 0.25) is 5.88 Å². The fourth-order valence-corrected chi connectivity index (χ4v) is 1.48. The van der Waals surface area contributed by atoms with Gasteiger partial charge in [0.1, 0.15) is 0 Å². The first-order valence-corrected chi connectivity index (χ1v) is 5.55. The Bertz CT molecular complexity index is 617. The van der Waals surface area contributed by atoms with E-state index in [1.165, 1.54) is 30.5 Å². The SMILES string of the molecule is N/C(=N\O)c1ccc(Oc2ccc(Cl)cc2F)nc1. The topological polar surface area (TPSA) is 80.7 Å². The van der Waals surface area contributed by atoms with Gasteiger partial charge in [-0.15, -0.1) is 0 Å². The Hall–Kier alpha value is -2.34. The van der Waals surface area contributed by atoms with E-state index < -0.39 is 5.82 Å². The summed E-state index contributed by atoms with van der Waals surface area (Å²) in [4.78, 5) is 3.91. The second-order valence-electron chi connectivity index (χ2n) is 3.55. The first-order chi connectivity index (χ1) is 9.10. The summed E-state index contributed by atoms with van der Waals surface area (Å²) in [5.74, 6) is -0.476. The Kier molecular flexibility index (Phi) is 3.82. The standard InChI is InChI=1S/C12H9ClFN3O2/c13-8-2-3-10(9(14)5-8)19-11-4-1-7(6-16-11)12(15)17-18/h1-6,18H,(H2,15,17). The zero-order valence-corrected chi connectivity index (χ0v) is 10.3. The number of nitrogens with two attached hydrogens (primary N) is 1. The number of rotatable bonds is 3. The molecule has 1 aromatic heterocycles. The monoisotopic (exact) mass is 281 g/mol. The lowest BCUT2D eigenvalue weighted by molar-refractivity contribution is 0.318. The summed E-state index contributed by atoms with van der Waals surface area (Å²) in [6.07, 6.45) is 1.35. The maximum Gasteiger partial charge on any atom is 0.219 e. The van der Waals surface area contributed by atoms with E-state index in [1.54, 1.807) is 0 Å². The Morgan fingerprint density at radius 3 is 2.74 bits per heavy atom. The number of halogens is 2. The van der Waals surface area contributed by atoms with Gasteiger partial charge >= 0.3 is 0 Å². The molecule has 1 heterocycles. The third-order valence-corrected chi connectivity index (χ3v) is 2.48. The van der Waals surface area contributed by atoms with Crippen molar-refractivity contribution in [2.24, 2.45) is 10.9 Å². The van der Waals surface area contributed by atoms with E-state index in [9.17, 15) is 4.39 Å². The van der Waals surface area contributed by atoms with Crippen LogP contribution in [0.5, 0.6) is 11.6 Å². The second kappa shape index (κ2) is 5.53. The summed E-state index contributed by atoms with van der Waals surface area (Å²) in [5, 5.41) is 11.6. The van der Waals surface area contributed by atoms with Crippen LogP contribution >= 0.6 is 11.6 Å². The fraction of sp³-hybridized carbons (Fsp3) is 0. The number of ether oxygens (including phenoxy) is 1. The van der Waals surface area contributed by atoms with Crippen LogP contribution in [-0.4, -0.2) is 16.0 Å². The summed E-state index contributed by atoms with van der Waals surface area (Å²) in [6.45, 7) is 0. The molecule has 0 aliphatic carbocycles. The number of amidine groups is 1. The van der Waals surface area contributed by atoms with Gasteiger partial charge in [-0.1, -0.05) is 16.8 Å². The third kappa shape index (κ3) is 3.11. The summed E-state index contributed by atoms with van der Waals surface area (Å²) in [5.41, 5.74) is 5.80. The molecule has 0 radical (unpaired) electrons. The minimum atomic E-state index is -0.588. The van der Waals surface area contributed by atoms with Crippen molar-refractivity contribution in [3.05, 3.63) is 52.9 Å². The van der Waals surface area contributed by atoms with Crippen LogP contribution in [0.1, 0.15) is 5.56 Å². The molecule has 2 aromatic rings. The minimum Gasteiger partial charge on any atom is -0.436 e. The van der Waals surface area contributed by atoms with Crippen molar-refractivity contribution in [1.82, 2.24) is 4.98 Å². The number of hydrogen-bond donors (Lipinski definition) is 2. The van der Waals surface area contributed by atoms with Crippen molar-refractivity contribution in [2.45, 2.75) is 0 Å². The fourth-order valence-electron chi connectivity index (χ4n) is 1.32. The number of pyridine rings is 1. The molecule has 0 amide bonds. The maximum absolute atomic E-state index is 13.5. The zero-order chi connectivity index (χ0) is 13.8. The lowest BCUT2D eigenvalue weighted by Gasteiger charge is -2.06. The van der Waals surface area contributed by atoms with Crippen molar-refractivity contribution < 1.29 is 14.3 Å². The number of benzene rings is 1. The van der Waals surface area contributed by atoms with Crippen LogP contribution in [0.4, 0.5) is 4.39 Å². The van der Waals surface area contributed by atoms with Gasteiger partial charge in [0, 0.05) is 22.8 Å². The van der Waals surface area contributed by atoms with Crippen LogP contribution < -0.4 is 10.5 Å². The summed E-state index contributed by atoms with van der Waals surface area (Å²) in [7, 11) is 0. The van der Waals surface area contributed by atoms with Crippen LogP contribution in [0.25, 0.3) is 0 Å². The molecule has 1 aromatic carbocycles. The predicted octanol–water partition coefficient (Wildman–Crippen LogP) is 2.76. The van der Waals surface area contributed by atoms with E-state index in [2.05, 4.69) is 10.1 Å². The van der Waals surface area contributed by atoms with Crippen molar-refractivity contribution in [2.75, 3.05) is 0 Å². The normalized spacial score (nSPS) is 11.4. The largest absolute Gasteiger partial charge is 0.436 e. The molecule has 0 bridgehead atoms. The summed E-state index contributed by atoms with van der Waals surface area (Å²) in [6, 6.07) is 7.05. The Morgan fingerprint density at radius 1 is 1.37 bits per heavy atom. The molecule has 0 fully saturated rings. The highest BCUT2D eigenvalue weighted by Gasteiger charge is 2.07. The molecular weight excluding hydrogens is 273 g/mol. The van der Waals surface area contributed by atoms with E-state index in [0.717, 1.165) is 6.07 Å². The smallest absolute Gasteiger partial charge is 0.219 e. The highest BCUT2D eigenvalue weighted by atomic mass is 35.5. The van der Waals surface area contributed by atoms with Crippen LogP contribution in [0.3, 0.4) is 0 Å². The maximum atomic E-state index is 13.5. The zero-order valence-electron chi connectivity index (χ0n) is 9.55. The molecule has 0 atom stereocenters. The third-order valence-electron chi connectivity index (χ3n) is 2.25. The van der Waals surface area contributed by atoms with Crippen molar-refractivity contribution >= 4 is 17.4 Å². The van der Waals surface area contributed by atoms with Gasteiger partial charge < -0.3 is 15.7 Å². The van der Waals surface area contributed by atoms with E-state index in [4.69, 9.17) is 27.3 Å². The number of oxime groups is 1. The second-order valence-corrected chi connectivity index (χ2v) is 3.98. The summed E-state index contributed by atoms with van der Waals surface area (Å²) < 4.78 is 18.7. The number of hydrogen-bond acceptors (Lipinski definition) is 4. The molecule has 7 heteroatoms. The van der Waals surface area contributed by atoms with Crippen LogP contribution in [-0.2, 0) is 0 Å². The van der Waals surface area contributed by atoms with Crippen LogP contribution in [0.2, 0.25) is 5.02 Å². The van der Waals surface area contributed by atoms with E-state index in [-0.39, 0.29) is 22.5 Å². The van der Waals surface area contributed by atoms with Gasteiger partial charge in [-0.05, 0) is 24.3 Å². The first kappa shape index (κ1) is 13.1. The lowest BCUT2D eigenvalue weighted by atomic mass is 10.2. The molecule has 0 saturated carbocycles. The lowest BCUT2D eigenvalue weighted by Crippen LogP contribution is -2.13. The Balaban J connectivity index is 2.20. The molecule has 0 spiro atoms. The highest BCUT2D eigenvalue weighted by molar-refractivity contribution is 6.30.